The van der Waals surface area contributed by atoms with E-state index in [-0.39, 0.29) is 29.9 Å². The Morgan fingerprint density at radius 3 is 2.60 bits per heavy atom. The molecule has 0 spiro atoms. The number of nitrogens with zero attached hydrogens (tertiary/aromatic N) is 2. The lowest BCUT2D eigenvalue weighted by Crippen LogP contribution is -2.44. The number of ketones is 2. The third-order valence-corrected chi connectivity index (χ3v) is 5.69. The molecule has 1 fully saturated rings. The largest absolute Gasteiger partial charge is 0.324 e. The average molecular weight is 405 g/mol. The van der Waals surface area contributed by atoms with Gasteiger partial charge in [-0.2, -0.15) is 0 Å². The van der Waals surface area contributed by atoms with Gasteiger partial charge in [-0.15, -0.1) is 0 Å². The minimum absolute atomic E-state index is 0.0628. The fourth-order valence-electron chi connectivity index (χ4n) is 4.08. The van der Waals surface area contributed by atoms with Crippen molar-refractivity contribution in [2.75, 3.05) is 12.4 Å². The first-order chi connectivity index (χ1) is 14.4. The number of hydrogen-bond donors (Lipinski definition) is 1. The summed E-state index contributed by atoms with van der Waals surface area (Å²) in [6, 6.07) is 13.9. The van der Waals surface area contributed by atoms with Gasteiger partial charge in [0.15, 0.2) is 5.78 Å². The number of carbonyl (C=O) groups is 4. The maximum absolute atomic E-state index is 12.9. The topological polar surface area (TPSA) is 86.8 Å². The maximum Gasteiger partial charge on any atom is 0.321 e. The third-order valence-electron chi connectivity index (χ3n) is 5.69. The summed E-state index contributed by atoms with van der Waals surface area (Å²) in [6.45, 7) is 0.656. The van der Waals surface area contributed by atoms with Crippen LogP contribution in [0.3, 0.4) is 0 Å². The standard InChI is InChI=1S/C23H23N3O4/c1-25(23(30)24-16-7-3-2-4-8-16)13-15-6-5-9-18-19(15)14-26(22(18)29)20-11-10-17(27)12-21(20)28/h2-9,20H,10-14H2,1H3,(H,24,30). The highest BCUT2D eigenvalue weighted by Gasteiger charge is 2.39. The summed E-state index contributed by atoms with van der Waals surface area (Å²) in [5.41, 5.74) is 2.98. The van der Waals surface area contributed by atoms with Crippen molar-refractivity contribution in [1.82, 2.24) is 9.80 Å². The van der Waals surface area contributed by atoms with Crippen molar-refractivity contribution >= 4 is 29.2 Å². The van der Waals surface area contributed by atoms with Crippen LogP contribution in [0, 0.1) is 0 Å². The number of para-hydroxylation sites is 1. The number of fused-ring (bicyclic) bond motifs is 1. The average Bonchev–Trinajstić information content (AvgIpc) is 3.06. The molecule has 2 aliphatic rings. The Morgan fingerprint density at radius 2 is 1.87 bits per heavy atom. The molecule has 2 aromatic rings. The molecule has 3 amide bonds. The lowest BCUT2D eigenvalue weighted by atomic mass is 9.92. The summed E-state index contributed by atoms with van der Waals surface area (Å²) in [5, 5.41) is 2.84. The van der Waals surface area contributed by atoms with Crippen LogP contribution in [0.4, 0.5) is 10.5 Å². The second-order valence-electron chi connectivity index (χ2n) is 7.76. The normalized spacial score (nSPS) is 18.4. The quantitative estimate of drug-likeness (QED) is 0.793. The van der Waals surface area contributed by atoms with Crippen molar-refractivity contribution in [3.8, 4) is 0 Å². The summed E-state index contributed by atoms with van der Waals surface area (Å²) in [6.07, 6.45) is 0.609. The van der Waals surface area contributed by atoms with Crippen LogP contribution >= 0.6 is 0 Å². The molecule has 1 unspecified atom stereocenters. The van der Waals surface area contributed by atoms with Crippen LogP contribution in [0.5, 0.6) is 0 Å². The Labute approximate surface area is 174 Å². The molecular formula is C23H23N3O4. The summed E-state index contributed by atoms with van der Waals surface area (Å²) >= 11 is 0. The number of rotatable bonds is 4. The van der Waals surface area contributed by atoms with E-state index in [1.807, 2.05) is 36.4 Å². The van der Waals surface area contributed by atoms with Crippen molar-refractivity contribution in [3.05, 3.63) is 65.2 Å². The number of anilines is 1. The number of carbonyl (C=O) groups excluding carboxylic acids is 4. The Kier molecular flexibility index (Phi) is 5.35. The zero-order valence-electron chi connectivity index (χ0n) is 16.8. The number of amides is 3. The highest BCUT2D eigenvalue weighted by atomic mass is 16.2. The first kappa shape index (κ1) is 19.8. The van der Waals surface area contributed by atoms with Crippen molar-refractivity contribution in [1.29, 1.82) is 0 Å². The summed E-state index contributed by atoms with van der Waals surface area (Å²) in [7, 11) is 1.70. The van der Waals surface area contributed by atoms with Crippen LogP contribution in [0.15, 0.2) is 48.5 Å². The van der Waals surface area contributed by atoms with Gasteiger partial charge in [0.2, 0.25) is 0 Å². The first-order valence-electron chi connectivity index (χ1n) is 9.97. The Morgan fingerprint density at radius 1 is 1.10 bits per heavy atom. The fourth-order valence-corrected chi connectivity index (χ4v) is 4.08. The molecule has 1 atom stereocenters. The van der Waals surface area contributed by atoms with Gasteiger partial charge in [-0.3, -0.25) is 14.4 Å². The molecule has 1 heterocycles. The molecular weight excluding hydrogens is 382 g/mol. The molecule has 7 heteroatoms. The van der Waals surface area contributed by atoms with Gasteiger partial charge in [0.05, 0.1) is 12.5 Å². The van der Waals surface area contributed by atoms with Gasteiger partial charge >= 0.3 is 6.03 Å². The maximum atomic E-state index is 12.9. The van der Waals surface area contributed by atoms with Crippen molar-refractivity contribution in [2.45, 2.75) is 38.4 Å². The number of nitrogens with one attached hydrogen (secondary N) is 1. The van der Waals surface area contributed by atoms with Gasteiger partial charge in [0, 0.05) is 37.8 Å². The molecule has 1 N–H and O–H groups in total. The first-order valence-corrected chi connectivity index (χ1v) is 9.97. The molecule has 2 aromatic carbocycles. The number of benzene rings is 2. The van der Waals surface area contributed by atoms with E-state index in [0.29, 0.717) is 37.2 Å². The Balaban J connectivity index is 1.49. The van der Waals surface area contributed by atoms with Crippen LogP contribution in [0.25, 0.3) is 0 Å². The van der Waals surface area contributed by atoms with Crippen LogP contribution < -0.4 is 5.32 Å². The minimum Gasteiger partial charge on any atom is -0.324 e. The number of hydrogen-bond acceptors (Lipinski definition) is 4. The summed E-state index contributed by atoms with van der Waals surface area (Å²) < 4.78 is 0. The molecule has 0 radical (unpaired) electrons. The van der Waals surface area contributed by atoms with E-state index in [1.54, 1.807) is 29.0 Å². The number of Topliss-reactive ketones (excluding diaryl/α,β-unsaturated/α-hetero) is 2. The van der Waals surface area contributed by atoms with E-state index in [2.05, 4.69) is 5.32 Å². The van der Waals surface area contributed by atoms with Crippen molar-refractivity contribution in [3.63, 3.8) is 0 Å². The smallest absolute Gasteiger partial charge is 0.321 e. The zero-order chi connectivity index (χ0) is 21.3. The van der Waals surface area contributed by atoms with Crippen LogP contribution in [-0.2, 0) is 22.7 Å². The Bertz CT molecular complexity index is 1020. The predicted octanol–water partition coefficient (Wildman–Crippen LogP) is 3.00. The molecule has 0 aromatic heterocycles. The van der Waals surface area contributed by atoms with Crippen LogP contribution in [-0.4, -0.2) is 46.4 Å². The number of urea groups is 1. The van der Waals surface area contributed by atoms with Crippen molar-refractivity contribution in [2.24, 2.45) is 0 Å². The van der Waals surface area contributed by atoms with E-state index in [9.17, 15) is 19.2 Å². The lowest BCUT2D eigenvalue weighted by molar-refractivity contribution is -0.133. The van der Waals surface area contributed by atoms with E-state index in [1.165, 1.54) is 0 Å². The SMILES string of the molecule is CN(Cc1cccc2c1CN(C1CCC(=O)CC1=O)C2=O)C(=O)Nc1ccccc1. The van der Waals surface area contributed by atoms with Gasteiger partial charge in [-0.25, -0.2) is 4.79 Å². The van der Waals surface area contributed by atoms with Gasteiger partial charge in [-0.1, -0.05) is 30.3 Å². The fraction of sp³-hybridized carbons (Fsp3) is 0.304. The van der Waals surface area contributed by atoms with E-state index in [0.717, 1.165) is 11.1 Å². The molecule has 1 aliphatic heterocycles. The molecule has 0 bridgehead atoms. The molecule has 4 rings (SSSR count). The van der Waals surface area contributed by atoms with Gasteiger partial charge in [0.1, 0.15) is 5.78 Å². The van der Waals surface area contributed by atoms with E-state index >= 15 is 0 Å². The highest BCUT2D eigenvalue weighted by Crippen LogP contribution is 2.31. The molecule has 7 nitrogen and oxygen atoms in total. The van der Waals surface area contributed by atoms with Crippen LogP contribution in [0.2, 0.25) is 0 Å². The third kappa shape index (κ3) is 3.83. The van der Waals surface area contributed by atoms with Gasteiger partial charge in [0.25, 0.3) is 5.91 Å². The van der Waals surface area contributed by atoms with E-state index < -0.39 is 6.04 Å². The molecule has 0 saturated heterocycles. The van der Waals surface area contributed by atoms with Gasteiger partial charge < -0.3 is 15.1 Å². The molecule has 1 saturated carbocycles. The highest BCUT2D eigenvalue weighted by molar-refractivity contribution is 6.07. The second kappa shape index (κ2) is 8.10. The zero-order valence-corrected chi connectivity index (χ0v) is 16.8. The van der Waals surface area contributed by atoms with Gasteiger partial charge in [-0.05, 0) is 35.7 Å². The second-order valence-corrected chi connectivity index (χ2v) is 7.76. The Hall–Kier alpha value is -3.48. The van der Waals surface area contributed by atoms with E-state index in [4.69, 9.17) is 0 Å². The lowest BCUT2D eigenvalue weighted by Gasteiger charge is -2.29. The monoisotopic (exact) mass is 405 g/mol. The van der Waals surface area contributed by atoms with Crippen LogP contribution in [0.1, 0.15) is 40.7 Å². The summed E-state index contributed by atoms with van der Waals surface area (Å²) in [4.78, 5) is 52.5. The van der Waals surface area contributed by atoms with Crippen molar-refractivity contribution < 1.29 is 19.2 Å². The molecule has 1 aliphatic carbocycles. The predicted molar refractivity (Wildman–Crippen MR) is 111 cm³/mol. The molecule has 154 valence electrons. The summed E-state index contributed by atoms with van der Waals surface area (Å²) in [5.74, 6) is -0.434. The minimum atomic E-state index is -0.547. The molecule has 30 heavy (non-hydrogen) atoms.